The van der Waals surface area contributed by atoms with Gasteiger partial charge in [0.15, 0.2) is 18.7 Å². The molecule has 60 heavy (non-hydrogen) atoms. The third kappa shape index (κ3) is 12.2. The van der Waals surface area contributed by atoms with Crippen LogP contribution in [0.4, 0.5) is 0 Å². The van der Waals surface area contributed by atoms with E-state index in [1.54, 1.807) is 48.5 Å². The Hall–Kier alpha value is -2.32. The summed E-state index contributed by atoms with van der Waals surface area (Å²) < 4.78 is 48.8. The van der Waals surface area contributed by atoms with E-state index >= 15 is 0 Å². The van der Waals surface area contributed by atoms with Crippen LogP contribution in [0.2, 0.25) is 0 Å². The number of esters is 3. The molecule has 348 valence electrons. The Kier molecular flexibility index (Phi) is 18.5. The van der Waals surface area contributed by atoms with Crippen LogP contribution < -0.4 is 0 Å². The van der Waals surface area contributed by atoms with Crippen molar-refractivity contribution in [2.75, 3.05) is 27.8 Å². The van der Waals surface area contributed by atoms with E-state index in [1.165, 1.54) is 27.9 Å². The van der Waals surface area contributed by atoms with Crippen molar-refractivity contribution in [3.05, 3.63) is 0 Å². The lowest BCUT2D eigenvalue weighted by Gasteiger charge is -2.49. The van der Waals surface area contributed by atoms with Crippen molar-refractivity contribution in [1.29, 1.82) is 0 Å². The molecule has 0 aromatic rings. The standard InChI is InChI=1S/C43H75NO16/c1-15-29-43(11,52)36(48)24(5)33(47)22(3)20-41(9,51)38(25(6)34(26(7)39(50)57-29)59-32-21-42(10,53-14)37(49)27(8)56-32)60-40-35(28(44(12)13)19-23(4)55-40)58-31(46)18-17-30(45)54-16-2/h22-29,32,34-38,40,48-49,51-52H,15-21H2,1-14H3/t22-,23-,24+,25+,26-,27+,28+,29?,32?,34?,35-,36-,37+,38-,40+,41-,42-,43-/m0/s1. The topological polar surface area (TPSA) is 226 Å². The number of Topliss-reactive ketones (excluding diaryl/α,β-unsaturated/α-hetero) is 1. The second kappa shape index (κ2) is 21.4. The van der Waals surface area contributed by atoms with Crippen LogP contribution in [0.3, 0.4) is 0 Å². The Bertz CT molecular complexity index is 1440. The molecule has 0 aromatic carbocycles. The quantitative estimate of drug-likeness (QED) is 0.163. The molecule has 3 heterocycles. The summed E-state index contributed by atoms with van der Waals surface area (Å²) in [6, 6.07) is -0.443. The van der Waals surface area contributed by atoms with E-state index in [1.807, 2.05) is 25.9 Å². The highest BCUT2D eigenvalue weighted by Gasteiger charge is 2.54. The van der Waals surface area contributed by atoms with Gasteiger partial charge < -0.3 is 63.2 Å². The largest absolute Gasteiger partial charge is 0.466 e. The molecule has 17 nitrogen and oxygen atoms in total. The van der Waals surface area contributed by atoms with Crippen LogP contribution in [0.1, 0.15) is 115 Å². The summed E-state index contributed by atoms with van der Waals surface area (Å²) in [6.07, 6.45) is -11.1. The van der Waals surface area contributed by atoms with Gasteiger partial charge in [-0.15, -0.1) is 0 Å². The maximum absolute atomic E-state index is 14.3. The highest BCUT2D eigenvalue weighted by atomic mass is 16.7. The average Bonchev–Trinajstić information content (AvgIpc) is 3.17. The molecule has 4 N–H and O–H groups in total. The van der Waals surface area contributed by atoms with Crippen LogP contribution in [0.5, 0.6) is 0 Å². The fourth-order valence-electron chi connectivity index (χ4n) is 9.17. The summed E-state index contributed by atoms with van der Waals surface area (Å²) in [7, 11) is 5.09. The van der Waals surface area contributed by atoms with Crippen molar-refractivity contribution in [3.63, 3.8) is 0 Å². The number of carbonyl (C=O) groups excluding carboxylic acids is 4. The van der Waals surface area contributed by atoms with Crippen LogP contribution in [0.25, 0.3) is 0 Å². The third-order valence-corrected chi connectivity index (χ3v) is 12.9. The Morgan fingerprint density at radius 2 is 1.47 bits per heavy atom. The number of carbonyl (C=O) groups is 4. The predicted molar refractivity (Wildman–Crippen MR) is 216 cm³/mol. The zero-order valence-corrected chi connectivity index (χ0v) is 38.2. The Balaban J connectivity index is 2.22. The minimum Gasteiger partial charge on any atom is -0.466 e. The Labute approximate surface area is 356 Å². The maximum atomic E-state index is 14.3. The van der Waals surface area contributed by atoms with E-state index < -0.39 is 132 Å². The molecular formula is C43H75NO16. The highest BCUT2D eigenvalue weighted by molar-refractivity contribution is 5.83. The van der Waals surface area contributed by atoms with E-state index in [4.69, 9.17) is 37.9 Å². The molecule has 0 bridgehead atoms. The zero-order valence-electron chi connectivity index (χ0n) is 38.2. The molecule has 0 spiro atoms. The summed E-state index contributed by atoms with van der Waals surface area (Å²) in [5.74, 6) is -6.64. The molecule has 18 atom stereocenters. The van der Waals surface area contributed by atoms with E-state index in [2.05, 4.69) is 0 Å². The van der Waals surface area contributed by atoms with Crippen molar-refractivity contribution in [1.82, 2.24) is 4.90 Å². The summed E-state index contributed by atoms with van der Waals surface area (Å²) >= 11 is 0. The normalized spacial score (nSPS) is 43.8. The fourth-order valence-corrected chi connectivity index (χ4v) is 9.17. The molecule has 3 aliphatic rings. The van der Waals surface area contributed by atoms with Gasteiger partial charge in [-0.2, -0.15) is 0 Å². The smallest absolute Gasteiger partial charge is 0.311 e. The lowest BCUT2D eigenvalue weighted by molar-refractivity contribution is -0.319. The predicted octanol–water partition coefficient (Wildman–Crippen LogP) is 2.68. The first kappa shape index (κ1) is 52.0. The van der Waals surface area contributed by atoms with E-state index in [9.17, 15) is 39.6 Å². The average molecular weight is 862 g/mol. The Morgan fingerprint density at radius 1 is 0.850 bits per heavy atom. The monoisotopic (exact) mass is 862 g/mol. The van der Waals surface area contributed by atoms with Crippen molar-refractivity contribution in [3.8, 4) is 0 Å². The molecule has 0 amide bonds. The van der Waals surface area contributed by atoms with Crippen LogP contribution in [-0.4, -0.2) is 161 Å². The van der Waals surface area contributed by atoms with Gasteiger partial charge in [0, 0.05) is 31.3 Å². The first-order chi connectivity index (χ1) is 27.8. The van der Waals surface area contributed by atoms with Crippen LogP contribution in [0.15, 0.2) is 0 Å². The highest BCUT2D eigenvalue weighted by Crippen LogP contribution is 2.41. The van der Waals surface area contributed by atoms with Gasteiger partial charge in [0.25, 0.3) is 0 Å². The van der Waals surface area contributed by atoms with Crippen molar-refractivity contribution >= 4 is 23.7 Å². The number of ketones is 1. The lowest BCUT2D eigenvalue weighted by Crippen LogP contribution is -2.61. The third-order valence-electron chi connectivity index (χ3n) is 12.9. The number of methoxy groups -OCH3 is 1. The summed E-state index contributed by atoms with van der Waals surface area (Å²) in [5, 5.41) is 46.8. The molecule has 3 fully saturated rings. The number of aliphatic hydroxyl groups is 4. The first-order valence-corrected chi connectivity index (χ1v) is 21.5. The molecular weight excluding hydrogens is 786 g/mol. The molecule has 3 unspecified atom stereocenters. The number of aliphatic hydroxyl groups excluding tert-OH is 2. The summed E-state index contributed by atoms with van der Waals surface area (Å²) in [4.78, 5) is 55.6. The summed E-state index contributed by atoms with van der Waals surface area (Å²) in [5.41, 5.74) is -5.06. The van der Waals surface area contributed by atoms with Gasteiger partial charge in [-0.05, 0) is 81.8 Å². The molecule has 3 aliphatic heterocycles. The number of hydrogen-bond acceptors (Lipinski definition) is 17. The van der Waals surface area contributed by atoms with E-state index in [0.717, 1.165) is 0 Å². The maximum Gasteiger partial charge on any atom is 0.311 e. The summed E-state index contributed by atoms with van der Waals surface area (Å²) in [6.45, 7) is 17.9. The van der Waals surface area contributed by atoms with Crippen molar-refractivity contribution < 1.29 is 77.5 Å². The molecule has 0 aliphatic carbocycles. The van der Waals surface area contributed by atoms with E-state index in [-0.39, 0.29) is 38.7 Å². The number of rotatable bonds is 12. The lowest BCUT2D eigenvalue weighted by atomic mass is 9.74. The molecule has 0 radical (unpaired) electrons. The van der Waals surface area contributed by atoms with Crippen molar-refractivity contribution in [2.24, 2.45) is 23.7 Å². The van der Waals surface area contributed by atoms with Gasteiger partial charge >= 0.3 is 17.9 Å². The van der Waals surface area contributed by atoms with Gasteiger partial charge in [-0.1, -0.05) is 27.7 Å². The molecule has 0 saturated carbocycles. The number of likely N-dealkylation sites (N-methyl/N-ethyl adjacent to an activating group) is 1. The number of ether oxygens (including phenoxy) is 8. The first-order valence-electron chi connectivity index (χ1n) is 21.5. The number of cyclic esters (lactones) is 1. The molecule has 3 rings (SSSR count). The molecule has 17 heteroatoms. The van der Waals surface area contributed by atoms with Crippen molar-refractivity contribution in [2.45, 2.75) is 199 Å². The van der Waals surface area contributed by atoms with Gasteiger partial charge in [0.2, 0.25) is 0 Å². The SMILES string of the molecule is CCOC(=O)CCC(=O)O[C@@H]1[C@@H](O[C@H]2[C@H](C)C(OC3C[C@](C)(OC)[C@H](O)[C@@H](C)O3)[C@H](C)C(=O)OC(CC)[C@](C)(O)[C@@H](O)[C@H](C)C(=O)[C@@H](C)C[C@]2(C)O)O[C@@H](C)C[C@H]1N(C)C. The Morgan fingerprint density at radius 3 is 2.03 bits per heavy atom. The second-order valence-electron chi connectivity index (χ2n) is 18.2. The minimum atomic E-state index is -2.04. The minimum absolute atomic E-state index is 0.0431. The number of nitrogens with zero attached hydrogens (tertiary/aromatic N) is 1. The zero-order chi connectivity index (χ0) is 45.7. The fraction of sp³-hybridized carbons (Fsp3) is 0.907. The van der Waals surface area contributed by atoms with Gasteiger partial charge in [-0.25, -0.2) is 0 Å². The van der Waals surface area contributed by atoms with Gasteiger partial charge in [0.1, 0.15) is 23.6 Å². The molecule has 0 aromatic heterocycles. The van der Waals surface area contributed by atoms with E-state index in [0.29, 0.717) is 6.42 Å². The van der Waals surface area contributed by atoms with Crippen LogP contribution in [-0.2, 0) is 57.1 Å². The second-order valence-corrected chi connectivity index (χ2v) is 18.2. The number of hydrogen-bond donors (Lipinski definition) is 4. The van der Waals surface area contributed by atoms with Crippen LogP contribution in [0, 0.1) is 23.7 Å². The van der Waals surface area contributed by atoms with Gasteiger partial charge in [0.05, 0.1) is 73.1 Å². The molecule has 3 saturated heterocycles. The van der Waals surface area contributed by atoms with Gasteiger partial charge in [-0.3, -0.25) is 19.2 Å². The van der Waals surface area contributed by atoms with Crippen LogP contribution >= 0.6 is 0 Å².